The van der Waals surface area contributed by atoms with Gasteiger partial charge < -0.3 is 14.8 Å². The van der Waals surface area contributed by atoms with Crippen LogP contribution in [0.5, 0.6) is 11.5 Å². The van der Waals surface area contributed by atoms with Crippen molar-refractivity contribution in [1.29, 1.82) is 0 Å². The second kappa shape index (κ2) is 6.77. The first kappa shape index (κ1) is 16.3. The van der Waals surface area contributed by atoms with Crippen LogP contribution >= 0.6 is 27.3 Å². The van der Waals surface area contributed by atoms with E-state index < -0.39 is 0 Å². The Morgan fingerprint density at radius 2 is 1.81 bits per heavy atom. The molecule has 0 bridgehead atoms. The average Bonchev–Trinajstić information content (AvgIpc) is 2.80. The molecule has 0 saturated carbocycles. The summed E-state index contributed by atoms with van der Waals surface area (Å²) in [5.41, 5.74) is 1.67. The van der Waals surface area contributed by atoms with Crippen molar-refractivity contribution in [3.05, 3.63) is 43.8 Å². The van der Waals surface area contributed by atoms with Crippen molar-refractivity contribution in [3.8, 4) is 11.5 Å². The molecule has 2 aromatic rings. The predicted molar refractivity (Wildman–Crippen MR) is 87.2 cm³/mol. The zero-order valence-electron chi connectivity index (χ0n) is 12.3. The number of halogens is 2. The molecule has 0 fully saturated rings. The van der Waals surface area contributed by atoms with Crippen LogP contribution in [0, 0.1) is 12.7 Å². The average molecular weight is 374 g/mol. The molecule has 0 spiro atoms. The van der Waals surface area contributed by atoms with Gasteiger partial charge in [0.1, 0.15) is 5.82 Å². The molecular weight excluding hydrogens is 357 g/mol. The highest BCUT2D eigenvalue weighted by Crippen LogP contribution is 2.38. The molecule has 1 aromatic carbocycles. The van der Waals surface area contributed by atoms with Gasteiger partial charge in [0.15, 0.2) is 11.5 Å². The van der Waals surface area contributed by atoms with E-state index in [1.807, 2.05) is 20.0 Å². The first-order chi connectivity index (χ1) is 10.0. The van der Waals surface area contributed by atoms with E-state index in [-0.39, 0.29) is 11.9 Å². The fourth-order valence-corrected chi connectivity index (χ4v) is 3.87. The van der Waals surface area contributed by atoms with Crippen molar-refractivity contribution in [2.24, 2.45) is 0 Å². The predicted octanol–water partition coefficient (Wildman–Crippen LogP) is 4.28. The Bertz CT molecular complexity index is 625. The third-order valence-corrected chi connectivity index (χ3v) is 5.46. The van der Waals surface area contributed by atoms with E-state index >= 15 is 0 Å². The normalized spacial score (nSPS) is 12.3. The Labute approximate surface area is 136 Å². The summed E-state index contributed by atoms with van der Waals surface area (Å²) in [6, 6.07) is 4.85. The van der Waals surface area contributed by atoms with Crippen LogP contribution in [-0.2, 0) is 0 Å². The topological polar surface area (TPSA) is 30.5 Å². The molecule has 1 heterocycles. The van der Waals surface area contributed by atoms with Crippen LogP contribution < -0.4 is 14.8 Å². The largest absolute Gasteiger partial charge is 0.493 e. The van der Waals surface area contributed by atoms with Gasteiger partial charge in [-0.25, -0.2) is 4.39 Å². The summed E-state index contributed by atoms with van der Waals surface area (Å²) >= 11 is 5.10. The standard InChI is InChI=1S/C15H17BrFNO2S/c1-8-5-13(21-15(8)16)14(18-2)9-6-11(19-3)12(20-4)7-10(9)17/h5-7,14,18H,1-4H3. The van der Waals surface area contributed by atoms with Crippen molar-refractivity contribution in [2.75, 3.05) is 21.3 Å². The molecule has 0 amide bonds. The number of ether oxygens (including phenoxy) is 2. The van der Waals surface area contributed by atoms with Gasteiger partial charge in [-0.05, 0) is 47.6 Å². The maximum atomic E-state index is 14.4. The molecule has 0 radical (unpaired) electrons. The monoisotopic (exact) mass is 373 g/mol. The molecule has 0 aliphatic carbocycles. The van der Waals surface area contributed by atoms with Gasteiger partial charge in [0, 0.05) is 16.5 Å². The molecule has 1 N–H and O–H groups in total. The summed E-state index contributed by atoms with van der Waals surface area (Å²) in [7, 11) is 4.84. The fourth-order valence-electron chi connectivity index (χ4n) is 2.17. The van der Waals surface area contributed by atoms with Gasteiger partial charge in [-0.1, -0.05) is 0 Å². The van der Waals surface area contributed by atoms with Crippen molar-refractivity contribution in [3.63, 3.8) is 0 Å². The SMILES string of the molecule is CNC(c1cc(C)c(Br)s1)c1cc(OC)c(OC)cc1F. The second-order valence-electron chi connectivity index (χ2n) is 4.56. The number of methoxy groups -OCH3 is 2. The first-order valence-electron chi connectivity index (χ1n) is 6.36. The number of rotatable bonds is 5. The molecule has 0 aliphatic heterocycles. The van der Waals surface area contributed by atoms with Crippen LogP contribution in [-0.4, -0.2) is 21.3 Å². The number of thiophene rings is 1. The summed E-state index contributed by atoms with van der Waals surface area (Å²) in [5, 5.41) is 3.16. The molecule has 1 aromatic heterocycles. The van der Waals surface area contributed by atoms with E-state index in [1.165, 1.54) is 13.2 Å². The van der Waals surface area contributed by atoms with E-state index in [1.54, 1.807) is 24.5 Å². The van der Waals surface area contributed by atoms with Gasteiger partial charge in [0.05, 0.1) is 24.0 Å². The number of benzene rings is 1. The van der Waals surface area contributed by atoms with Crippen LogP contribution in [0.3, 0.4) is 0 Å². The lowest BCUT2D eigenvalue weighted by Crippen LogP contribution is -2.18. The molecule has 1 atom stereocenters. The van der Waals surface area contributed by atoms with Gasteiger partial charge in [-0.3, -0.25) is 0 Å². The van der Waals surface area contributed by atoms with Crippen molar-refractivity contribution in [1.82, 2.24) is 5.32 Å². The third kappa shape index (κ3) is 3.22. The van der Waals surface area contributed by atoms with Crippen LogP contribution in [0.15, 0.2) is 22.0 Å². The minimum Gasteiger partial charge on any atom is -0.493 e. The summed E-state index contributed by atoms with van der Waals surface area (Å²) in [6.45, 7) is 2.02. The highest BCUT2D eigenvalue weighted by atomic mass is 79.9. The minimum atomic E-state index is -0.325. The quantitative estimate of drug-likeness (QED) is 0.847. The first-order valence-corrected chi connectivity index (χ1v) is 7.97. The lowest BCUT2D eigenvalue weighted by Gasteiger charge is -2.18. The molecule has 2 rings (SSSR count). The van der Waals surface area contributed by atoms with E-state index in [9.17, 15) is 4.39 Å². The van der Waals surface area contributed by atoms with E-state index in [0.29, 0.717) is 17.1 Å². The number of hydrogen-bond acceptors (Lipinski definition) is 4. The van der Waals surface area contributed by atoms with Crippen LogP contribution in [0.1, 0.15) is 22.0 Å². The number of hydrogen-bond donors (Lipinski definition) is 1. The van der Waals surface area contributed by atoms with E-state index in [0.717, 1.165) is 14.2 Å². The summed E-state index contributed by atoms with van der Waals surface area (Å²) < 4.78 is 25.8. The molecule has 21 heavy (non-hydrogen) atoms. The highest BCUT2D eigenvalue weighted by Gasteiger charge is 2.22. The Kier molecular flexibility index (Phi) is 5.24. The Morgan fingerprint density at radius 1 is 1.19 bits per heavy atom. The number of aryl methyl sites for hydroxylation is 1. The lowest BCUT2D eigenvalue weighted by atomic mass is 10.0. The highest BCUT2D eigenvalue weighted by molar-refractivity contribution is 9.11. The van der Waals surface area contributed by atoms with Gasteiger partial charge in [0.2, 0.25) is 0 Å². The summed E-state index contributed by atoms with van der Waals surface area (Å²) in [6.07, 6.45) is 0. The van der Waals surface area contributed by atoms with Crippen LogP contribution in [0.25, 0.3) is 0 Å². The molecule has 114 valence electrons. The van der Waals surface area contributed by atoms with Crippen molar-refractivity contribution in [2.45, 2.75) is 13.0 Å². The second-order valence-corrected chi connectivity index (χ2v) is 6.96. The van der Waals surface area contributed by atoms with Gasteiger partial charge in [-0.2, -0.15) is 0 Å². The van der Waals surface area contributed by atoms with E-state index in [2.05, 4.69) is 21.2 Å². The Balaban J connectivity index is 2.51. The molecule has 0 aliphatic rings. The van der Waals surface area contributed by atoms with Gasteiger partial charge >= 0.3 is 0 Å². The fraction of sp³-hybridized carbons (Fsp3) is 0.333. The zero-order valence-corrected chi connectivity index (χ0v) is 14.7. The third-order valence-electron chi connectivity index (χ3n) is 3.26. The van der Waals surface area contributed by atoms with Crippen LogP contribution in [0.2, 0.25) is 0 Å². The van der Waals surface area contributed by atoms with Crippen molar-refractivity contribution >= 4 is 27.3 Å². The smallest absolute Gasteiger partial charge is 0.163 e. The molecule has 3 nitrogen and oxygen atoms in total. The maximum absolute atomic E-state index is 14.4. The molecule has 0 saturated heterocycles. The molecule has 1 unspecified atom stereocenters. The lowest BCUT2D eigenvalue weighted by molar-refractivity contribution is 0.351. The molecule has 6 heteroatoms. The minimum absolute atomic E-state index is 0.236. The van der Waals surface area contributed by atoms with Gasteiger partial charge in [-0.15, -0.1) is 11.3 Å². The maximum Gasteiger partial charge on any atom is 0.163 e. The Hall–Kier alpha value is -1.11. The number of nitrogens with one attached hydrogen (secondary N) is 1. The van der Waals surface area contributed by atoms with Gasteiger partial charge in [0.25, 0.3) is 0 Å². The van der Waals surface area contributed by atoms with Crippen LogP contribution in [0.4, 0.5) is 4.39 Å². The van der Waals surface area contributed by atoms with E-state index in [4.69, 9.17) is 9.47 Å². The summed E-state index contributed by atoms with van der Waals surface area (Å²) in [4.78, 5) is 1.04. The molecular formula is C15H17BrFNO2S. The summed E-state index contributed by atoms with van der Waals surface area (Å²) in [5.74, 6) is 0.577. The Morgan fingerprint density at radius 3 is 2.29 bits per heavy atom. The zero-order chi connectivity index (χ0) is 15.6. The van der Waals surface area contributed by atoms with Crippen molar-refractivity contribution < 1.29 is 13.9 Å².